The number of hydrogen-bond acceptors (Lipinski definition) is 8. The standard InChI is InChI=1S/C12H16N2O8S/c1-6-3-14(11(17)13-9(6)16)10-7-8(15)12(22-10,4-20-7)5-21-23(2,18)19/h3,7-8,10,15H,4-5H2,1-2H3,(H,13,16,17)/t7-,8+,10-,12-/m1/s1. The van der Waals surface area contributed by atoms with Gasteiger partial charge in [-0.1, -0.05) is 0 Å². The first-order valence-electron chi connectivity index (χ1n) is 6.77. The summed E-state index contributed by atoms with van der Waals surface area (Å²) < 4.78 is 39.3. The van der Waals surface area contributed by atoms with Crippen molar-refractivity contribution < 1.29 is 27.2 Å². The Balaban J connectivity index is 1.92. The topological polar surface area (TPSA) is 137 Å². The van der Waals surface area contributed by atoms with Crippen LogP contribution in [0.3, 0.4) is 0 Å². The number of aliphatic hydroxyl groups excluding tert-OH is 1. The maximum Gasteiger partial charge on any atom is 0.330 e. The van der Waals surface area contributed by atoms with Gasteiger partial charge in [0, 0.05) is 11.8 Å². The molecule has 0 spiro atoms. The SMILES string of the molecule is Cc1cn([C@@H]2O[C@@]3(COS(C)(=O)=O)CO[C@@H]2[C@@H]3O)c(=O)[nH]c1=O. The number of rotatable bonds is 4. The predicted molar refractivity (Wildman–Crippen MR) is 75.5 cm³/mol. The lowest BCUT2D eigenvalue weighted by Gasteiger charge is -2.30. The lowest BCUT2D eigenvalue weighted by molar-refractivity contribution is -0.184. The van der Waals surface area contributed by atoms with Gasteiger partial charge in [-0.2, -0.15) is 8.42 Å². The average Bonchev–Trinajstić information content (AvgIpc) is 2.91. The number of aromatic nitrogens is 2. The lowest BCUT2D eigenvalue weighted by atomic mass is 10.0. The molecule has 128 valence electrons. The van der Waals surface area contributed by atoms with E-state index in [2.05, 4.69) is 4.98 Å². The molecular weight excluding hydrogens is 332 g/mol. The molecule has 3 rings (SSSR count). The van der Waals surface area contributed by atoms with E-state index in [0.29, 0.717) is 0 Å². The molecule has 1 aromatic heterocycles. The van der Waals surface area contributed by atoms with Gasteiger partial charge >= 0.3 is 5.69 Å². The Morgan fingerprint density at radius 3 is 2.87 bits per heavy atom. The number of nitrogens with zero attached hydrogens (tertiary/aromatic N) is 1. The van der Waals surface area contributed by atoms with Gasteiger partial charge in [0.05, 0.1) is 12.9 Å². The average molecular weight is 348 g/mol. The minimum atomic E-state index is -3.73. The van der Waals surface area contributed by atoms with E-state index in [1.807, 2.05) is 0 Å². The zero-order valence-corrected chi connectivity index (χ0v) is 13.2. The highest BCUT2D eigenvalue weighted by Crippen LogP contribution is 2.44. The number of ether oxygens (including phenoxy) is 2. The molecule has 2 bridgehead atoms. The van der Waals surface area contributed by atoms with E-state index in [1.54, 1.807) is 0 Å². The van der Waals surface area contributed by atoms with E-state index >= 15 is 0 Å². The van der Waals surface area contributed by atoms with Gasteiger partial charge in [0.15, 0.2) is 6.23 Å². The second kappa shape index (κ2) is 5.24. The van der Waals surface area contributed by atoms with Crippen LogP contribution in [0.2, 0.25) is 0 Å². The zero-order chi connectivity index (χ0) is 17.0. The van der Waals surface area contributed by atoms with Crippen molar-refractivity contribution in [3.63, 3.8) is 0 Å². The van der Waals surface area contributed by atoms with Crippen LogP contribution >= 0.6 is 0 Å². The van der Waals surface area contributed by atoms with Crippen LogP contribution in [-0.4, -0.2) is 60.4 Å². The number of nitrogens with one attached hydrogen (secondary N) is 1. The predicted octanol–water partition coefficient (Wildman–Crippen LogP) is -2.15. The molecule has 11 heteroatoms. The highest BCUT2D eigenvalue weighted by atomic mass is 32.2. The summed E-state index contributed by atoms with van der Waals surface area (Å²) in [6.07, 6.45) is -0.862. The van der Waals surface area contributed by atoms with Crippen LogP contribution in [0, 0.1) is 6.92 Å². The molecule has 23 heavy (non-hydrogen) atoms. The summed E-state index contributed by atoms with van der Waals surface area (Å²) in [5, 5.41) is 10.3. The Labute approximate surface area is 130 Å². The molecule has 2 N–H and O–H groups in total. The molecule has 1 aromatic rings. The highest BCUT2D eigenvalue weighted by molar-refractivity contribution is 7.85. The first-order chi connectivity index (χ1) is 10.6. The van der Waals surface area contributed by atoms with Crippen LogP contribution in [0.1, 0.15) is 11.8 Å². The molecule has 2 saturated heterocycles. The first-order valence-corrected chi connectivity index (χ1v) is 8.59. The Morgan fingerprint density at radius 1 is 1.52 bits per heavy atom. The third-order valence-corrected chi connectivity index (χ3v) is 4.49. The smallest absolute Gasteiger partial charge is 0.330 e. The van der Waals surface area contributed by atoms with Gasteiger partial charge in [-0.25, -0.2) is 4.79 Å². The summed E-state index contributed by atoms with van der Waals surface area (Å²) in [5.41, 5.74) is -2.34. The van der Waals surface area contributed by atoms with Crippen molar-refractivity contribution in [1.82, 2.24) is 9.55 Å². The van der Waals surface area contributed by atoms with E-state index in [9.17, 15) is 23.1 Å². The minimum Gasteiger partial charge on any atom is -0.387 e. The number of fused-ring (bicyclic) bond motifs is 2. The summed E-state index contributed by atoms with van der Waals surface area (Å²) in [5.74, 6) is 0. The molecule has 2 aliphatic rings. The van der Waals surface area contributed by atoms with E-state index in [1.165, 1.54) is 13.1 Å². The fourth-order valence-electron chi connectivity index (χ4n) is 2.72. The molecule has 0 saturated carbocycles. The first kappa shape index (κ1) is 16.3. The molecule has 2 aliphatic heterocycles. The number of H-pyrrole nitrogens is 1. The number of aromatic amines is 1. The van der Waals surface area contributed by atoms with Crippen molar-refractivity contribution in [2.24, 2.45) is 0 Å². The van der Waals surface area contributed by atoms with Gasteiger partial charge in [-0.05, 0) is 6.92 Å². The van der Waals surface area contributed by atoms with Gasteiger partial charge in [-0.15, -0.1) is 0 Å². The van der Waals surface area contributed by atoms with E-state index in [4.69, 9.17) is 13.7 Å². The Kier molecular flexibility index (Phi) is 3.72. The minimum absolute atomic E-state index is 0.0675. The Hall–Kier alpha value is -1.53. The van der Waals surface area contributed by atoms with Crippen LogP contribution < -0.4 is 11.2 Å². The Bertz CT molecular complexity index is 843. The molecule has 4 atom stereocenters. The lowest BCUT2D eigenvalue weighted by Crippen LogP contribution is -2.46. The number of hydrogen-bond donors (Lipinski definition) is 2. The summed E-state index contributed by atoms with van der Waals surface area (Å²) >= 11 is 0. The third kappa shape index (κ3) is 2.74. The number of aryl methyl sites for hydroxylation is 1. The Morgan fingerprint density at radius 2 is 2.22 bits per heavy atom. The van der Waals surface area contributed by atoms with Crippen molar-refractivity contribution in [1.29, 1.82) is 0 Å². The third-order valence-electron chi connectivity index (χ3n) is 3.94. The van der Waals surface area contributed by atoms with Crippen LogP contribution in [0.15, 0.2) is 15.8 Å². The van der Waals surface area contributed by atoms with Crippen molar-refractivity contribution in [2.45, 2.75) is 31.0 Å². The van der Waals surface area contributed by atoms with Crippen molar-refractivity contribution >= 4 is 10.1 Å². The van der Waals surface area contributed by atoms with Gasteiger partial charge in [0.2, 0.25) is 0 Å². The van der Waals surface area contributed by atoms with Crippen molar-refractivity contribution in [3.8, 4) is 0 Å². The second-order valence-electron chi connectivity index (χ2n) is 5.74. The summed E-state index contributed by atoms with van der Waals surface area (Å²) in [4.78, 5) is 25.5. The molecule has 0 unspecified atom stereocenters. The van der Waals surface area contributed by atoms with Gasteiger partial charge in [-0.3, -0.25) is 18.5 Å². The molecule has 10 nitrogen and oxygen atoms in total. The van der Waals surface area contributed by atoms with E-state index in [-0.39, 0.29) is 12.2 Å². The van der Waals surface area contributed by atoms with Crippen LogP contribution in [0.25, 0.3) is 0 Å². The zero-order valence-electron chi connectivity index (χ0n) is 12.4. The molecule has 0 amide bonds. The molecular formula is C12H16N2O8S. The van der Waals surface area contributed by atoms with Crippen LogP contribution in [0.4, 0.5) is 0 Å². The molecule has 0 radical (unpaired) electrons. The summed E-state index contributed by atoms with van der Waals surface area (Å²) in [6, 6.07) is 0. The largest absolute Gasteiger partial charge is 0.387 e. The molecule has 0 aromatic carbocycles. The fourth-order valence-corrected chi connectivity index (χ4v) is 3.13. The van der Waals surface area contributed by atoms with Crippen LogP contribution in [0.5, 0.6) is 0 Å². The van der Waals surface area contributed by atoms with Crippen molar-refractivity contribution in [2.75, 3.05) is 19.5 Å². The van der Waals surface area contributed by atoms with Crippen molar-refractivity contribution in [3.05, 3.63) is 32.6 Å². The van der Waals surface area contributed by atoms with Gasteiger partial charge < -0.3 is 14.6 Å². The monoisotopic (exact) mass is 348 g/mol. The van der Waals surface area contributed by atoms with Crippen LogP contribution in [-0.2, 0) is 23.8 Å². The number of aliphatic hydroxyl groups is 1. The molecule has 2 fully saturated rings. The summed E-state index contributed by atoms with van der Waals surface area (Å²) in [6.45, 7) is 1.01. The van der Waals surface area contributed by atoms with E-state index < -0.39 is 52.0 Å². The normalized spacial score (nSPS) is 33.3. The van der Waals surface area contributed by atoms with Gasteiger partial charge in [0.25, 0.3) is 15.7 Å². The van der Waals surface area contributed by atoms with Gasteiger partial charge in [0.1, 0.15) is 24.4 Å². The quantitative estimate of drug-likeness (QED) is 0.588. The summed E-state index contributed by atoms with van der Waals surface area (Å²) in [7, 11) is -3.73. The molecule has 0 aliphatic carbocycles. The maximum atomic E-state index is 11.9. The molecule has 3 heterocycles. The maximum absolute atomic E-state index is 11.9. The highest BCUT2D eigenvalue weighted by Gasteiger charge is 2.62. The van der Waals surface area contributed by atoms with E-state index in [0.717, 1.165) is 10.8 Å². The fraction of sp³-hybridized carbons (Fsp3) is 0.667. The second-order valence-corrected chi connectivity index (χ2v) is 7.38.